The molecule has 0 aliphatic rings. The monoisotopic (exact) mass is 352 g/mol. The van der Waals surface area contributed by atoms with Gasteiger partial charge in [0.25, 0.3) is 0 Å². The van der Waals surface area contributed by atoms with Gasteiger partial charge in [-0.05, 0) is 13.0 Å². The van der Waals surface area contributed by atoms with Gasteiger partial charge in [-0.3, -0.25) is 4.98 Å². The van der Waals surface area contributed by atoms with Crippen molar-refractivity contribution in [3.8, 4) is 11.3 Å². The van der Waals surface area contributed by atoms with E-state index in [1.807, 2.05) is 13.0 Å². The van der Waals surface area contributed by atoms with E-state index in [4.69, 9.17) is 5.73 Å². The summed E-state index contributed by atoms with van der Waals surface area (Å²) < 4.78 is 15.3. The molecule has 4 aromatic heterocycles. The molecule has 4 aromatic rings. The lowest BCUT2D eigenvalue weighted by atomic mass is 10.2. The average Bonchev–Trinajstić information content (AvgIpc) is 3.21. The van der Waals surface area contributed by atoms with E-state index in [0.29, 0.717) is 35.8 Å². The zero-order valence-electron chi connectivity index (χ0n) is 14.1. The van der Waals surface area contributed by atoms with E-state index < -0.39 is 5.82 Å². The summed E-state index contributed by atoms with van der Waals surface area (Å²) in [5.74, 6) is 0.751. The summed E-state index contributed by atoms with van der Waals surface area (Å²) in [5.41, 5.74) is 9.33. The van der Waals surface area contributed by atoms with Crippen molar-refractivity contribution < 1.29 is 4.39 Å². The fourth-order valence-electron chi connectivity index (χ4n) is 2.72. The number of H-pyrrole nitrogens is 1. The van der Waals surface area contributed by atoms with Crippen molar-refractivity contribution in [1.29, 1.82) is 0 Å². The molecule has 132 valence electrons. The van der Waals surface area contributed by atoms with Crippen LogP contribution in [0.2, 0.25) is 0 Å². The fraction of sp³-hybridized carbons (Fsp3) is 0.176. The summed E-state index contributed by atoms with van der Waals surface area (Å²) in [4.78, 5) is 15.5. The van der Waals surface area contributed by atoms with Crippen molar-refractivity contribution in [2.24, 2.45) is 0 Å². The number of nitrogens with one attached hydrogen (secondary N) is 2. The van der Waals surface area contributed by atoms with E-state index in [-0.39, 0.29) is 0 Å². The van der Waals surface area contributed by atoms with E-state index in [2.05, 4.69) is 30.4 Å². The van der Waals surface area contributed by atoms with Crippen molar-refractivity contribution >= 4 is 17.4 Å². The Morgan fingerprint density at radius 2 is 2.12 bits per heavy atom. The number of pyridine rings is 1. The van der Waals surface area contributed by atoms with Crippen LogP contribution in [0.15, 0.2) is 36.9 Å². The fourth-order valence-corrected chi connectivity index (χ4v) is 2.72. The van der Waals surface area contributed by atoms with Gasteiger partial charge in [-0.15, -0.1) is 0 Å². The largest absolute Gasteiger partial charge is 0.369 e. The van der Waals surface area contributed by atoms with Gasteiger partial charge in [0.2, 0.25) is 0 Å². The molecule has 26 heavy (non-hydrogen) atoms. The van der Waals surface area contributed by atoms with E-state index in [1.165, 1.54) is 12.3 Å². The molecule has 9 heteroatoms. The Morgan fingerprint density at radius 3 is 2.88 bits per heavy atom. The molecule has 0 aromatic carbocycles. The smallest absolute Gasteiger partial charge is 0.197 e. The molecule has 0 aliphatic carbocycles. The van der Waals surface area contributed by atoms with Crippen LogP contribution in [0.25, 0.3) is 16.9 Å². The third kappa shape index (κ3) is 3.06. The second-order valence-electron chi connectivity index (χ2n) is 5.94. The number of nitrogens with zero attached hydrogens (tertiary/aromatic N) is 5. The van der Waals surface area contributed by atoms with Crippen molar-refractivity contribution in [3.05, 3.63) is 54.0 Å². The first-order chi connectivity index (χ1) is 12.6. The first-order valence-electron chi connectivity index (χ1n) is 8.10. The highest BCUT2D eigenvalue weighted by atomic mass is 19.1. The van der Waals surface area contributed by atoms with Crippen LogP contribution in [0.5, 0.6) is 0 Å². The molecular weight excluding hydrogens is 335 g/mol. The maximum atomic E-state index is 13.5. The van der Waals surface area contributed by atoms with E-state index >= 15 is 0 Å². The minimum atomic E-state index is -0.403. The van der Waals surface area contributed by atoms with Crippen LogP contribution in [0.3, 0.4) is 0 Å². The molecule has 0 unspecified atom stereocenters. The Hall–Kier alpha value is -3.49. The predicted octanol–water partition coefficient (Wildman–Crippen LogP) is 2.20. The number of halogens is 1. The molecule has 4 rings (SSSR count). The Balaban J connectivity index is 1.66. The van der Waals surface area contributed by atoms with Gasteiger partial charge >= 0.3 is 0 Å². The van der Waals surface area contributed by atoms with Crippen LogP contribution in [0.4, 0.5) is 16.2 Å². The lowest BCUT2D eigenvalue weighted by Gasteiger charge is -2.10. The van der Waals surface area contributed by atoms with Gasteiger partial charge in [0.05, 0.1) is 23.8 Å². The number of nitrogen functional groups attached to an aromatic ring is 1. The molecule has 0 saturated heterocycles. The average molecular weight is 352 g/mol. The summed E-state index contributed by atoms with van der Waals surface area (Å²) >= 11 is 0. The number of anilines is 2. The number of hydrogen-bond donors (Lipinski definition) is 3. The van der Waals surface area contributed by atoms with Gasteiger partial charge in [-0.2, -0.15) is 9.61 Å². The molecule has 4 heterocycles. The van der Waals surface area contributed by atoms with Crippen molar-refractivity contribution in [1.82, 2.24) is 29.5 Å². The van der Waals surface area contributed by atoms with E-state index in [9.17, 15) is 4.39 Å². The minimum absolute atomic E-state index is 0.398. The number of aromatic amines is 1. The van der Waals surface area contributed by atoms with Gasteiger partial charge < -0.3 is 16.0 Å². The minimum Gasteiger partial charge on any atom is -0.369 e. The highest BCUT2D eigenvalue weighted by molar-refractivity contribution is 5.67. The maximum absolute atomic E-state index is 13.5. The summed E-state index contributed by atoms with van der Waals surface area (Å²) in [5, 5.41) is 7.70. The first kappa shape index (κ1) is 16.0. The number of hydrogen-bond acceptors (Lipinski definition) is 6. The van der Waals surface area contributed by atoms with Gasteiger partial charge in [0.1, 0.15) is 11.6 Å². The molecule has 0 bridgehead atoms. The normalized spacial score (nSPS) is 11.2. The number of aromatic nitrogens is 6. The molecule has 4 N–H and O–H groups in total. The molecule has 0 saturated carbocycles. The number of aryl methyl sites for hydroxylation is 1. The lowest BCUT2D eigenvalue weighted by Crippen LogP contribution is -2.10. The highest BCUT2D eigenvalue weighted by Gasteiger charge is 2.11. The van der Waals surface area contributed by atoms with Crippen LogP contribution >= 0.6 is 0 Å². The molecule has 8 nitrogen and oxygen atoms in total. The third-order valence-corrected chi connectivity index (χ3v) is 3.99. The Labute approximate surface area is 148 Å². The predicted molar refractivity (Wildman–Crippen MR) is 96.1 cm³/mol. The molecule has 0 aliphatic heterocycles. The number of nitrogens with two attached hydrogens (primary N) is 1. The summed E-state index contributed by atoms with van der Waals surface area (Å²) in [7, 11) is 0. The Morgan fingerprint density at radius 1 is 1.23 bits per heavy atom. The van der Waals surface area contributed by atoms with Gasteiger partial charge in [-0.1, -0.05) is 0 Å². The van der Waals surface area contributed by atoms with E-state index in [0.717, 1.165) is 17.1 Å². The highest BCUT2D eigenvalue weighted by Crippen LogP contribution is 2.23. The summed E-state index contributed by atoms with van der Waals surface area (Å²) in [6.45, 7) is 2.56. The van der Waals surface area contributed by atoms with Crippen LogP contribution < -0.4 is 11.1 Å². The van der Waals surface area contributed by atoms with Crippen LogP contribution in [0, 0.1) is 12.7 Å². The van der Waals surface area contributed by atoms with Crippen molar-refractivity contribution in [2.45, 2.75) is 13.3 Å². The second kappa shape index (κ2) is 6.43. The summed E-state index contributed by atoms with van der Waals surface area (Å²) in [6.07, 6.45) is 6.97. The maximum Gasteiger partial charge on any atom is 0.197 e. The molecule has 0 radical (unpaired) electrons. The Kier molecular flexibility index (Phi) is 3.96. The van der Waals surface area contributed by atoms with Crippen LogP contribution in [0.1, 0.15) is 11.3 Å². The molecule has 0 amide bonds. The van der Waals surface area contributed by atoms with Crippen molar-refractivity contribution in [2.75, 3.05) is 17.6 Å². The molecule has 0 spiro atoms. The Bertz CT molecular complexity index is 1070. The third-order valence-electron chi connectivity index (χ3n) is 3.99. The lowest BCUT2D eigenvalue weighted by molar-refractivity contribution is 0.622. The topological polar surface area (TPSA) is 110 Å². The van der Waals surface area contributed by atoms with Crippen LogP contribution in [-0.4, -0.2) is 36.1 Å². The first-order valence-corrected chi connectivity index (χ1v) is 8.10. The second-order valence-corrected chi connectivity index (χ2v) is 5.94. The van der Waals surface area contributed by atoms with Gasteiger partial charge in [-0.25, -0.2) is 14.4 Å². The zero-order valence-corrected chi connectivity index (χ0v) is 14.1. The summed E-state index contributed by atoms with van der Waals surface area (Å²) in [6, 6.07) is 3.24. The SMILES string of the molecule is Cc1cnn2c(NCCc3c[nH]c(N)n3)cc(-c3cncc(F)c3)nc12. The number of fused-ring (bicyclic) bond motifs is 1. The van der Waals surface area contributed by atoms with Gasteiger partial charge in [0, 0.05) is 42.6 Å². The standard InChI is InChI=1S/C17H17FN8/c1-10-6-23-26-15(21-3-2-13-9-22-17(19)24-13)5-14(25-16(10)26)11-4-12(18)8-20-7-11/h4-9,21H,2-3H2,1H3,(H3,19,22,24). The van der Waals surface area contributed by atoms with Gasteiger partial charge in [0.15, 0.2) is 11.6 Å². The number of imidazole rings is 1. The van der Waals surface area contributed by atoms with E-state index in [1.54, 1.807) is 23.1 Å². The quantitative estimate of drug-likeness (QED) is 0.508. The molecule has 0 fully saturated rings. The molecular formula is C17H17FN8. The number of rotatable bonds is 5. The van der Waals surface area contributed by atoms with Crippen molar-refractivity contribution in [3.63, 3.8) is 0 Å². The zero-order chi connectivity index (χ0) is 18.1. The molecule has 0 atom stereocenters. The van der Waals surface area contributed by atoms with Crippen LogP contribution in [-0.2, 0) is 6.42 Å².